The van der Waals surface area contributed by atoms with Crippen LogP contribution in [0, 0.1) is 11.8 Å². The Morgan fingerprint density at radius 3 is 1.73 bits per heavy atom. The van der Waals surface area contributed by atoms with Gasteiger partial charge in [0.25, 0.3) is 0 Å². The van der Waals surface area contributed by atoms with Crippen LogP contribution in [-0.4, -0.2) is 182 Å². The second-order valence-corrected chi connectivity index (χ2v) is 21.1. The first-order valence-electron chi connectivity index (χ1n) is 27.9. The summed E-state index contributed by atoms with van der Waals surface area (Å²) in [5.74, 6) is -10.5. The molecule has 31 heteroatoms. The molecule has 0 bridgehead atoms. The maximum Gasteiger partial charge on any atom is 0.305 e. The molecule has 0 radical (unpaired) electrons. The third-order valence-corrected chi connectivity index (χ3v) is 13.6. The van der Waals surface area contributed by atoms with Crippen molar-refractivity contribution >= 4 is 71.1 Å². The fourth-order valence-electron chi connectivity index (χ4n) is 9.13. The number of carboxylic acid groups (broad SMARTS) is 1. The van der Waals surface area contributed by atoms with Gasteiger partial charge < -0.3 is 96.8 Å². The van der Waals surface area contributed by atoms with Crippen LogP contribution in [0.1, 0.15) is 110 Å². The zero-order valence-corrected chi connectivity index (χ0v) is 48.0. The first kappa shape index (κ1) is 69.7. The minimum atomic E-state index is -1.97. The third-order valence-electron chi connectivity index (χ3n) is 13.6. The molecule has 10 atom stereocenters. The van der Waals surface area contributed by atoms with Crippen LogP contribution in [0.4, 0.5) is 0 Å². The van der Waals surface area contributed by atoms with Crippen molar-refractivity contribution in [3.05, 3.63) is 48.0 Å². The average Bonchev–Trinajstić information content (AvgIpc) is 4.14. The Bertz CT molecular complexity index is 2580. The summed E-state index contributed by atoms with van der Waals surface area (Å²) < 4.78 is 0. The molecule has 31 nitrogen and oxygen atoms in total. The number of carbonyl (C=O) groups is 10. The number of rotatable bonds is 37. The number of nitrogens with two attached hydrogens (primary N) is 6. The van der Waals surface area contributed by atoms with Gasteiger partial charge in [-0.25, -0.2) is 4.98 Å². The number of guanidine groups is 2. The highest BCUT2D eigenvalue weighted by Crippen LogP contribution is 2.23. The minimum absolute atomic E-state index is 0.0477. The van der Waals surface area contributed by atoms with Crippen LogP contribution in [0.5, 0.6) is 5.75 Å². The second kappa shape index (κ2) is 35.4. The molecule has 0 unspecified atom stereocenters. The molecule has 23 N–H and O–H groups in total. The number of carbonyl (C=O) groups excluding carboxylic acids is 9. The number of unbranched alkanes of at least 4 members (excludes halogenated alkanes) is 1. The van der Waals surface area contributed by atoms with E-state index in [4.69, 9.17) is 34.4 Å². The number of amides is 9. The van der Waals surface area contributed by atoms with Crippen LogP contribution in [0.2, 0.25) is 0 Å². The van der Waals surface area contributed by atoms with Crippen LogP contribution in [0.15, 0.2) is 46.8 Å². The highest BCUT2D eigenvalue weighted by molar-refractivity contribution is 5.99. The molecular weight excluding hydrogens is 1100 g/mol. The standard InChI is InChI=1S/C53H86N18O13/c1-28(2)22-36(43(55)76)66-44(77)35(12-8-20-62-53(58)59)65-46(79)37(23-31-14-16-33(73)17-15-31)67-45(78)34(11-5-6-18-54)64-47(80)39(25-41(74)75)69-50(83)42(30(4)72)70-48(81)38(24-32-26-60-27-63-32)68-49(82)40-13-9-21-71(40)51(84)29(3)10-7-19-61-52(56)57/h14-17,26-30,34-40,42,72-73H,5-13,18-25,54H2,1-4H3,(H2,55,76)(H,60,63)(H,64,80)(H,65,79)(H,66,77)(H,67,78)(H,68,82)(H,69,83)(H,70,81)(H,74,75)(H4,56,57,61)(H4,58,59,62)/t29-,30+,34-,35-,36-,37-,38-,39-,40-,42-/m0/s1. The van der Waals surface area contributed by atoms with Crippen LogP contribution in [-0.2, 0) is 60.8 Å². The van der Waals surface area contributed by atoms with Crippen molar-refractivity contribution in [2.75, 3.05) is 26.2 Å². The van der Waals surface area contributed by atoms with Crippen molar-refractivity contribution in [2.24, 2.45) is 56.2 Å². The van der Waals surface area contributed by atoms with E-state index in [1.54, 1.807) is 6.92 Å². The van der Waals surface area contributed by atoms with E-state index in [1.165, 1.54) is 41.7 Å². The first-order chi connectivity index (χ1) is 39.7. The number of primary amides is 1. The van der Waals surface area contributed by atoms with Gasteiger partial charge in [0.1, 0.15) is 54.1 Å². The topological polar surface area (TPSA) is 528 Å². The molecule has 2 heterocycles. The summed E-state index contributed by atoms with van der Waals surface area (Å²) in [6, 6.07) is -6.16. The van der Waals surface area contributed by atoms with E-state index in [9.17, 15) is 63.3 Å². The lowest BCUT2D eigenvalue weighted by atomic mass is 10.0. The number of phenols is 1. The van der Waals surface area contributed by atoms with E-state index in [0.29, 0.717) is 43.5 Å². The van der Waals surface area contributed by atoms with Crippen molar-refractivity contribution < 1.29 is 63.3 Å². The Labute approximate surface area is 486 Å². The van der Waals surface area contributed by atoms with Crippen molar-refractivity contribution in [1.29, 1.82) is 0 Å². The number of aliphatic hydroxyl groups excluding tert-OH is 1. The number of imidazole rings is 1. The number of phenolic OH excluding ortho intramolecular Hbond substituents is 1. The zero-order chi connectivity index (χ0) is 62.6. The maximum absolute atomic E-state index is 14.4. The number of hydrogen-bond acceptors (Lipinski definition) is 16. The normalized spacial score (nSPS) is 16.1. The van der Waals surface area contributed by atoms with E-state index < -0.39 is 120 Å². The summed E-state index contributed by atoms with van der Waals surface area (Å²) in [4.78, 5) is 153. The van der Waals surface area contributed by atoms with Gasteiger partial charge in [-0.05, 0) is 101 Å². The van der Waals surface area contributed by atoms with Crippen LogP contribution >= 0.6 is 0 Å². The number of H-pyrrole nitrogens is 1. The molecule has 0 saturated carbocycles. The number of nitrogens with zero attached hydrogens (tertiary/aromatic N) is 4. The third kappa shape index (κ3) is 24.5. The van der Waals surface area contributed by atoms with E-state index in [-0.39, 0.29) is 100 Å². The molecule has 1 aliphatic heterocycles. The highest BCUT2D eigenvalue weighted by Gasteiger charge is 2.40. The van der Waals surface area contributed by atoms with Crippen molar-refractivity contribution in [3.63, 3.8) is 0 Å². The van der Waals surface area contributed by atoms with E-state index in [2.05, 4.69) is 57.2 Å². The molecule has 1 fully saturated rings. The second-order valence-electron chi connectivity index (χ2n) is 21.1. The number of carboxylic acids is 1. The van der Waals surface area contributed by atoms with Crippen LogP contribution in [0.25, 0.3) is 0 Å². The highest BCUT2D eigenvalue weighted by atomic mass is 16.4. The molecule has 1 aliphatic rings. The van der Waals surface area contributed by atoms with Crippen LogP contribution < -0.4 is 71.6 Å². The first-order valence-corrected chi connectivity index (χ1v) is 27.9. The number of nitrogens with one attached hydrogen (secondary N) is 8. The lowest BCUT2D eigenvalue weighted by molar-refractivity contribution is -0.143. The number of aliphatic hydroxyl groups is 1. The summed E-state index contributed by atoms with van der Waals surface area (Å²) in [7, 11) is 0. The van der Waals surface area contributed by atoms with E-state index in [1.807, 2.05) is 13.8 Å². The van der Waals surface area contributed by atoms with Gasteiger partial charge in [0.05, 0.1) is 18.9 Å². The quantitative estimate of drug-likeness (QED) is 0.0172. The fourth-order valence-corrected chi connectivity index (χ4v) is 9.13. The van der Waals surface area contributed by atoms with Gasteiger partial charge in [-0.1, -0.05) is 32.9 Å². The smallest absolute Gasteiger partial charge is 0.305 e. The molecule has 1 aromatic heterocycles. The number of aromatic amines is 1. The molecule has 0 aliphatic carbocycles. The van der Waals surface area contributed by atoms with Gasteiger partial charge in [-0.2, -0.15) is 0 Å². The summed E-state index contributed by atoms with van der Waals surface area (Å²) in [6.45, 7) is 7.25. The molecule has 9 amide bonds. The molecule has 84 heavy (non-hydrogen) atoms. The van der Waals surface area contributed by atoms with Gasteiger partial charge in [0.2, 0.25) is 53.2 Å². The summed E-state index contributed by atoms with van der Waals surface area (Å²) in [6.07, 6.45) is 1.83. The lowest BCUT2D eigenvalue weighted by Crippen LogP contribution is -2.62. The number of aliphatic imine (C=N–C) groups is 2. The molecular formula is C53H86N18O13. The fraction of sp³-hybridized carbons (Fsp3) is 0.604. The van der Waals surface area contributed by atoms with Gasteiger partial charge >= 0.3 is 5.97 Å². The largest absolute Gasteiger partial charge is 0.508 e. The van der Waals surface area contributed by atoms with Gasteiger partial charge in [0.15, 0.2) is 11.9 Å². The van der Waals surface area contributed by atoms with E-state index >= 15 is 0 Å². The Balaban J connectivity index is 1.91. The van der Waals surface area contributed by atoms with Gasteiger partial charge in [0, 0.05) is 50.3 Å². The van der Waals surface area contributed by atoms with E-state index in [0.717, 1.165) is 6.92 Å². The Morgan fingerprint density at radius 1 is 0.667 bits per heavy atom. The lowest BCUT2D eigenvalue weighted by Gasteiger charge is -2.29. The molecule has 3 rings (SSSR count). The number of aromatic hydroxyl groups is 1. The Kier molecular flexibility index (Phi) is 29.4. The SMILES string of the molecule is CC(C)C[C@H](NC(=O)[C@H](CCCN=C(N)N)NC(=O)[C@H](Cc1ccc(O)cc1)NC(=O)[C@H](CCCCN)NC(=O)[C@H](CC(=O)O)NC(=O)[C@@H](NC(=O)[C@H](Cc1cnc[nH]1)NC(=O)[C@@H]1CCCN1C(=O)[C@@H](C)CCCN=C(N)N)[C@@H](C)O)C(N)=O. The van der Waals surface area contributed by atoms with Crippen molar-refractivity contribution in [1.82, 2.24) is 52.1 Å². The molecule has 2 aromatic rings. The van der Waals surface area contributed by atoms with Crippen molar-refractivity contribution in [2.45, 2.75) is 166 Å². The summed E-state index contributed by atoms with van der Waals surface area (Å²) in [5, 5.41) is 48.5. The number of aliphatic carboxylic acids is 1. The number of likely N-dealkylation sites (tertiary alicyclic amines) is 1. The Morgan fingerprint density at radius 2 is 1.19 bits per heavy atom. The average molecular weight is 1180 g/mol. The maximum atomic E-state index is 14.4. The predicted molar refractivity (Wildman–Crippen MR) is 307 cm³/mol. The number of benzene rings is 1. The number of aromatic nitrogens is 2. The molecule has 466 valence electrons. The summed E-state index contributed by atoms with van der Waals surface area (Å²) in [5.41, 5.74) is 33.9. The summed E-state index contributed by atoms with van der Waals surface area (Å²) >= 11 is 0. The Hall–Kier alpha value is -8.61. The zero-order valence-electron chi connectivity index (χ0n) is 48.0. The van der Waals surface area contributed by atoms with Crippen molar-refractivity contribution in [3.8, 4) is 5.75 Å². The monoisotopic (exact) mass is 1180 g/mol. The number of hydrogen-bond donors (Lipinski definition) is 17. The molecule has 1 saturated heterocycles. The van der Waals surface area contributed by atoms with Crippen LogP contribution in [0.3, 0.4) is 0 Å². The molecule has 1 aromatic carbocycles. The van der Waals surface area contributed by atoms with Gasteiger partial charge in [-0.15, -0.1) is 0 Å². The minimum Gasteiger partial charge on any atom is -0.508 e. The van der Waals surface area contributed by atoms with Gasteiger partial charge in [-0.3, -0.25) is 57.9 Å². The predicted octanol–water partition coefficient (Wildman–Crippen LogP) is -4.46. The molecule has 0 spiro atoms.